The minimum atomic E-state index is -3.57. The fourth-order valence-corrected chi connectivity index (χ4v) is 4.99. The van der Waals surface area contributed by atoms with Gasteiger partial charge in [0.25, 0.3) is 10.2 Å². The number of hydrogen-bond donors (Lipinski definition) is 2. The first kappa shape index (κ1) is 18.6. The first-order chi connectivity index (χ1) is 11.9. The van der Waals surface area contributed by atoms with Crippen molar-refractivity contribution < 1.29 is 18.3 Å². The zero-order valence-electron chi connectivity index (χ0n) is 14.8. The van der Waals surface area contributed by atoms with Crippen LogP contribution in [0.4, 0.5) is 0 Å². The van der Waals surface area contributed by atoms with Gasteiger partial charge in [-0.2, -0.15) is 17.4 Å². The first-order valence-electron chi connectivity index (χ1n) is 8.84. The Labute approximate surface area is 149 Å². The van der Waals surface area contributed by atoms with Crippen LogP contribution in [0.3, 0.4) is 0 Å². The molecule has 140 valence electrons. The summed E-state index contributed by atoms with van der Waals surface area (Å²) in [6, 6.07) is 3.18. The number of methoxy groups -OCH3 is 1. The van der Waals surface area contributed by atoms with Gasteiger partial charge in [-0.1, -0.05) is 13.0 Å². The average molecular weight is 369 g/mol. The fraction of sp³-hybridized carbons (Fsp3) is 0.706. The molecular weight excluding hydrogens is 342 g/mol. The number of aliphatic hydroxyl groups excluding tert-OH is 1. The van der Waals surface area contributed by atoms with E-state index in [-0.39, 0.29) is 18.1 Å². The number of pyridine rings is 1. The highest BCUT2D eigenvalue weighted by Gasteiger charge is 2.38. The smallest absolute Gasteiger partial charge is 0.280 e. The van der Waals surface area contributed by atoms with E-state index in [1.165, 1.54) is 4.31 Å². The van der Waals surface area contributed by atoms with Gasteiger partial charge in [0.15, 0.2) is 0 Å². The summed E-state index contributed by atoms with van der Waals surface area (Å²) >= 11 is 0. The SMILES string of the molecule is COc1ccc([C@H](NS(=O)(=O)N2CCC(C)CC2)C2CC(O)C2)cn1. The van der Waals surface area contributed by atoms with Gasteiger partial charge < -0.3 is 9.84 Å². The van der Waals surface area contributed by atoms with Crippen LogP contribution in [0, 0.1) is 11.8 Å². The highest BCUT2D eigenvalue weighted by atomic mass is 32.2. The molecule has 1 aliphatic carbocycles. The van der Waals surface area contributed by atoms with E-state index < -0.39 is 10.2 Å². The molecule has 1 aromatic heterocycles. The number of aliphatic hydroxyl groups is 1. The van der Waals surface area contributed by atoms with Crippen LogP contribution in [-0.4, -0.2) is 49.1 Å². The first-order valence-corrected chi connectivity index (χ1v) is 10.3. The summed E-state index contributed by atoms with van der Waals surface area (Å²) in [7, 11) is -2.02. The van der Waals surface area contributed by atoms with Crippen LogP contribution in [0.15, 0.2) is 18.3 Å². The molecule has 1 saturated carbocycles. The lowest BCUT2D eigenvalue weighted by Gasteiger charge is -2.39. The van der Waals surface area contributed by atoms with Crippen LogP contribution in [-0.2, 0) is 10.2 Å². The number of aromatic nitrogens is 1. The molecule has 2 fully saturated rings. The third-order valence-electron chi connectivity index (χ3n) is 5.31. The van der Waals surface area contributed by atoms with Gasteiger partial charge in [-0.15, -0.1) is 0 Å². The molecule has 3 rings (SSSR count). The second kappa shape index (κ2) is 7.57. The zero-order valence-corrected chi connectivity index (χ0v) is 15.6. The molecule has 25 heavy (non-hydrogen) atoms. The molecule has 0 amide bonds. The summed E-state index contributed by atoms with van der Waals surface area (Å²) in [5.74, 6) is 1.13. The van der Waals surface area contributed by atoms with Crippen LogP contribution < -0.4 is 9.46 Å². The lowest BCUT2D eigenvalue weighted by atomic mass is 9.76. The van der Waals surface area contributed by atoms with Crippen molar-refractivity contribution in [3.63, 3.8) is 0 Å². The van der Waals surface area contributed by atoms with E-state index in [9.17, 15) is 13.5 Å². The summed E-state index contributed by atoms with van der Waals surface area (Å²) in [4.78, 5) is 4.20. The van der Waals surface area contributed by atoms with Gasteiger partial charge in [-0.3, -0.25) is 0 Å². The van der Waals surface area contributed by atoms with E-state index >= 15 is 0 Å². The van der Waals surface area contributed by atoms with Crippen LogP contribution in [0.1, 0.15) is 44.2 Å². The minimum absolute atomic E-state index is 0.0729. The highest BCUT2D eigenvalue weighted by molar-refractivity contribution is 7.87. The number of nitrogens with zero attached hydrogens (tertiary/aromatic N) is 2. The second-order valence-corrected chi connectivity index (χ2v) is 8.90. The van der Waals surface area contributed by atoms with Crippen molar-refractivity contribution in [2.24, 2.45) is 11.8 Å². The van der Waals surface area contributed by atoms with Crippen LogP contribution in [0.25, 0.3) is 0 Å². The van der Waals surface area contributed by atoms with E-state index in [0.29, 0.717) is 37.7 Å². The normalized spacial score (nSPS) is 26.8. The maximum Gasteiger partial charge on any atom is 0.280 e. The fourth-order valence-electron chi connectivity index (χ4n) is 3.50. The molecule has 1 saturated heterocycles. The third kappa shape index (κ3) is 4.31. The van der Waals surface area contributed by atoms with Crippen LogP contribution >= 0.6 is 0 Å². The Morgan fingerprint density at radius 1 is 1.32 bits per heavy atom. The van der Waals surface area contributed by atoms with E-state index in [0.717, 1.165) is 18.4 Å². The Balaban J connectivity index is 1.77. The minimum Gasteiger partial charge on any atom is -0.481 e. The van der Waals surface area contributed by atoms with Crippen molar-refractivity contribution in [2.45, 2.75) is 44.8 Å². The number of hydrogen-bond acceptors (Lipinski definition) is 5. The molecule has 7 nitrogen and oxygen atoms in total. The lowest BCUT2D eigenvalue weighted by Crippen LogP contribution is -2.49. The monoisotopic (exact) mass is 369 g/mol. The maximum atomic E-state index is 12.8. The molecule has 0 radical (unpaired) electrons. The van der Waals surface area contributed by atoms with Gasteiger partial charge in [-0.25, -0.2) is 4.98 Å². The molecule has 8 heteroatoms. The molecule has 1 aromatic rings. The lowest BCUT2D eigenvalue weighted by molar-refractivity contribution is 0.0276. The molecule has 2 N–H and O–H groups in total. The molecule has 0 aromatic carbocycles. The summed E-state index contributed by atoms with van der Waals surface area (Å²) in [5.41, 5.74) is 0.798. The van der Waals surface area contributed by atoms with Crippen molar-refractivity contribution >= 4 is 10.2 Å². The van der Waals surface area contributed by atoms with Crippen molar-refractivity contribution in [2.75, 3.05) is 20.2 Å². The van der Waals surface area contributed by atoms with Gasteiger partial charge >= 0.3 is 0 Å². The van der Waals surface area contributed by atoms with E-state index in [1.54, 1.807) is 19.4 Å². The van der Waals surface area contributed by atoms with Crippen molar-refractivity contribution in [1.29, 1.82) is 0 Å². The molecule has 1 aliphatic heterocycles. The largest absolute Gasteiger partial charge is 0.481 e. The van der Waals surface area contributed by atoms with Gasteiger partial charge in [0.05, 0.1) is 19.3 Å². The topological polar surface area (TPSA) is 91.8 Å². The predicted octanol–water partition coefficient (Wildman–Crippen LogP) is 1.47. The van der Waals surface area contributed by atoms with Gasteiger partial charge in [-0.05, 0) is 43.1 Å². The summed E-state index contributed by atoms with van der Waals surface area (Å²) in [6.45, 7) is 3.26. The Morgan fingerprint density at radius 2 is 2.00 bits per heavy atom. The summed E-state index contributed by atoms with van der Waals surface area (Å²) < 4.78 is 35.1. The molecular formula is C17H27N3O4S. The zero-order chi connectivity index (χ0) is 18.0. The average Bonchev–Trinajstić information content (AvgIpc) is 2.58. The Morgan fingerprint density at radius 3 is 2.52 bits per heavy atom. The number of ether oxygens (including phenoxy) is 1. The van der Waals surface area contributed by atoms with Crippen molar-refractivity contribution in [3.05, 3.63) is 23.9 Å². The standard InChI is InChI=1S/C17H27N3O4S/c1-12-5-7-20(8-6-12)25(22,23)19-17(14-9-15(21)10-14)13-3-4-16(24-2)18-11-13/h3-4,11-12,14-15,17,19,21H,5-10H2,1-2H3/t14?,15?,17-/m0/s1. The maximum absolute atomic E-state index is 12.8. The second-order valence-electron chi connectivity index (χ2n) is 7.20. The Bertz CT molecular complexity index is 666. The van der Waals surface area contributed by atoms with Crippen LogP contribution in [0.5, 0.6) is 5.88 Å². The van der Waals surface area contributed by atoms with E-state index in [2.05, 4.69) is 16.6 Å². The molecule has 1 atom stereocenters. The third-order valence-corrected chi connectivity index (χ3v) is 6.90. The number of nitrogens with one attached hydrogen (secondary N) is 1. The van der Waals surface area contributed by atoms with Crippen molar-refractivity contribution in [3.8, 4) is 5.88 Å². The van der Waals surface area contributed by atoms with Gasteiger partial charge in [0.1, 0.15) is 0 Å². The van der Waals surface area contributed by atoms with Crippen LogP contribution in [0.2, 0.25) is 0 Å². The molecule has 0 unspecified atom stereocenters. The van der Waals surface area contributed by atoms with Gasteiger partial charge in [0, 0.05) is 25.4 Å². The van der Waals surface area contributed by atoms with E-state index in [1.807, 2.05) is 6.07 Å². The Hall–Kier alpha value is -1.22. The quantitative estimate of drug-likeness (QED) is 0.792. The predicted molar refractivity (Wildman–Crippen MR) is 94.3 cm³/mol. The van der Waals surface area contributed by atoms with Crippen molar-refractivity contribution in [1.82, 2.24) is 14.0 Å². The Kier molecular flexibility index (Phi) is 5.62. The highest BCUT2D eigenvalue weighted by Crippen LogP contribution is 2.39. The molecule has 0 spiro atoms. The molecule has 2 heterocycles. The van der Waals surface area contributed by atoms with E-state index in [4.69, 9.17) is 4.74 Å². The number of piperidine rings is 1. The van der Waals surface area contributed by atoms with Gasteiger partial charge in [0.2, 0.25) is 5.88 Å². The summed E-state index contributed by atoms with van der Waals surface area (Å²) in [5, 5.41) is 9.65. The number of rotatable bonds is 6. The summed E-state index contributed by atoms with van der Waals surface area (Å²) in [6.07, 6.45) is 4.26. The molecule has 2 aliphatic rings. The molecule has 0 bridgehead atoms.